The highest BCUT2D eigenvalue weighted by atomic mass is 35.5. The molecule has 0 aromatic heterocycles. The van der Waals surface area contributed by atoms with Crippen LogP contribution in [0.5, 0.6) is 5.75 Å². The molecule has 3 rings (SSSR count). The molecular formula is C20H19ClN2O3. The van der Waals surface area contributed by atoms with Gasteiger partial charge in [0.1, 0.15) is 10.8 Å². The van der Waals surface area contributed by atoms with Crippen molar-refractivity contribution in [2.24, 2.45) is 0 Å². The highest BCUT2D eigenvalue weighted by molar-refractivity contribution is 6.60. The molecule has 1 aliphatic rings. The number of nitrogens with zero attached hydrogens (tertiary/aromatic N) is 2. The Labute approximate surface area is 157 Å². The quantitative estimate of drug-likeness (QED) is 0.753. The fraction of sp³-hybridized carbons (Fsp3) is 0.200. The zero-order valence-electron chi connectivity index (χ0n) is 14.8. The SMILES string of the molecule is CCOc1ccc(C2=C(Cl)C(=O)N(c3ccc(N(C)C)cc3)C2=O)cc1. The number of carbonyl (C=O) groups is 2. The lowest BCUT2D eigenvalue weighted by Gasteiger charge is -2.17. The van der Waals surface area contributed by atoms with Gasteiger partial charge in [0.05, 0.1) is 17.9 Å². The van der Waals surface area contributed by atoms with E-state index in [1.165, 1.54) is 0 Å². The second kappa shape index (κ2) is 7.22. The van der Waals surface area contributed by atoms with Crippen LogP contribution in [-0.4, -0.2) is 32.5 Å². The van der Waals surface area contributed by atoms with E-state index in [2.05, 4.69) is 0 Å². The van der Waals surface area contributed by atoms with E-state index in [1.54, 1.807) is 36.4 Å². The van der Waals surface area contributed by atoms with Gasteiger partial charge in [0.25, 0.3) is 11.8 Å². The Morgan fingerprint density at radius 2 is 1.58 bits per heavy atom. The summed E-state index contributed by atoms with van der Waals surface area (Å²) in [5, 5.41) is -0.0733. The highest BCUT2D eigenvalue weighted by Crippen LogP contribution is 2.35. The third kappa shape index (κ3) is 3.18. The van der Waals surface area contributed by atoms with Crippen LogP contribution in [0.25, 0.3) is 5.57 Å². The summed E-state index contributed by atoms with van der Waals surface area (Å²) in [6.45, 7) is 2.45. The summed E-state index contributed by atoms with van der Waals surface area (Å²) in [5.41, 5.74) is 2.25. The Morgan fingerprint density at radius 3 is 2.12 bits per heavy atom. The van der Waals surface area contributed by atoms with Crippen LogP contribution < -0.4 is 14.5 Å². The molecule has 0 saturated heterocycles. The lowest BCUT2D eigenvalue weighted by Crippen LogP contribution is -2.31. The first kappa shape index (κ1) is 18.0. The molecule has 134 valence electrons. The second-order valence-electron chi connectivity index (χ2n) is 6.00. The summed E-state index contributed by atoms with van der Waals surface area (Å²) >= 11 is 6.21. The lowest BCUT2D eigenvalue weighted by molar-refractivity contribution is -0.119. The number of carbonyl (C=O) groups excluding carboxylic acids is 2. The van der Waals surface area contributed by atoms with Crippen LogP contribution in [0.4, 0.5) is 11.4 Å². The Kier molecular flexibility index (Phi) is 5.00. The number of amides is 2. The molecular weight excluding hydrogens is 352 g/mol. The van der Waals surface area contributed by atoms with Crippen molar-refractivity contribution in [2.45, 2.75) is 6.92 Å². The Balaban J connectivity index is 1.92. The van der Waals surface area contributed by atoms with Gasteiger partial charge >= 0.3 is 0 Å². The van der Waals surface area contributed by atoms with Gasteiger partial charge < -0.3 is 9.64 Å². The Hall–Kier alpha value is -2.79. The number of benzene rings is 2. The third-order valence-corrected chi connectivity index (χ3v) is 4.46. The predicted molar refractivity (Wildman–Crippen MR) is 104 cm³/mol. The summed E-state index contributed by atoms with van der Waals surface area (Å²) in [6.07, 6.45) is 0. The number of ether oxygens (including phenoxy) is 1. The number of imide groups is 1. The van der Waals surface area contributed by atoms with E-state index in [4.69, 9.17) is 16.3 Å². The molecule has 0 saturated carbocycles. The van der Waals surface area contributed by atoms with Crippen LogP contribution in [0.15, 0.2) is 53.6 Å². The van der Waals surface area contributed by atoms with Crippen molar-refractivity contribution in [3.8, 4) is 5.75 Å². The van der Waals surface area contributed by atoms with Crippen molar-refractivity contribution in [3.63, 3.8) is 0 Å². The van der Waals surface area contributed by atoms with Gasteiger partial charge in [-0.25, -0.2) is 4.90 Å². The van der Waals surface area contributed by atoms with Crippen LogP contribution in [0.2, 0.25) is 0 Å². The smallest absolute Gasteiger partial charge is 0.277 e. The van der Waals surface area contributed by atoms with Crippen LogP contribution in [0.3, 0.4) is 0 Å². The van der Waals surface area contributed by atoms with Gasteiger partial charge in [0.2, 0.25) is 0 Å². The molecule has 2 aromatic rings. The molecule has 0 radical (unpaired) electrons. The average Bonchev–Trinajstić information content (AvgIpc) is 2.85. The molecule has 2 amide bonds. The first-order valence-corrected chi connectivity index (χ1v) is 8.61. The molecule has 0 aliphatic carbocycles. The molecule has 0 fully saturated rings. The Bertz CT molecular complexity index is 871. The number of halogens is 1. The van der Waals surface area contributed by atoms with Gasteiger partial charge in [-0.2, -0.15) is 0 Å². The van der Waals surface area contributed by atoms with E-state index in [0.717, 1.165) is 10.6 Å². The van der Waals surface area contributed by atoms with Gasteiger partial charge in [-0.3, -0.25) is 9.59 Å². The molecule has 1 aliphatic heterocycles. The van der Waals surface area contributed by atoms with E-state index in [9.17, 15) is 9.59 Å². The van der Waals surface area contributed by atoms with Gasteiger partial charge in [-0.1, -0.05) is 23.7 Å². The average molecular weight is 371 g/mol. The van der Waals surface area contributed by atoms with E-state index < -0.39 is 11.8 Å². The number of anilines is 2. The van der Waals surface area contributed by atoms with Crippen molar-refractivity contribution >= 4 is 40.4 Å². The summed E-state index contributed by atoms with van der Waals surface area (Å²) in [5.74, 6) is -0.249. The molecule has 5 nitrogen and oxygen atoms in total. The fourth-order valence-corrected chi connectivity index (χ4v) is 3.05. The summed E-state index contributed by atoms with van der Waals surface area (Å²) in [6, 6.07) is 14.1. The zero-order chi connectivity index (χ0) is 18.8. The Morgan fingerprint density at radius 1 is 0.962 bits per heavy atom. The van der Waals surface area contributed by atoms with Crippen molar-refractivity contribution < 1.29 is 14.3 Å². The first-order chi connectivity index (χ1) is 12.4. The first-order valence-electron chi connectivity index (χ1n) is 8.23. The lowest BCUT2D eigenvalue weighted by atomic mass is 10.1. The summed E-state index contributed by atoms with van der Waals surface area (Å²) < 4.78 is 5.40. The molecule has 0 spiro atoms. The van der Waals surface area contributed by atoms with Gasteiger partial charge in [-0.05, 0) is 48.9 Å². The molecule has 26 heavy (non-hydrogen) atoms. The van der Waals surface area contributed by atoms with Crippen molar-refractivity contribution in [1.82, 2.24) is 0 Å². The highest BCUT2D eigenvalue weighted by Gasteiger charge is 2.39. The topological polar surface area (TPSA) is 49.9 Å². The van der Waals surface area contributed by atoms with E-state index in [-0.39, 0.29) is 10.6 Å². The maximum absolute atomic E-state index is 12.9. The molecule has 0 unspecified atom stereocenters. The van der Waals surface area contributed by atoms with E-state index >= 15 is 0 Å². The van der Waals surface area contributed by atoms with Gasteiger partial charge in [0.15, 0.2) is 0 Å². The molecule has 0 atom stereocenters. The molecule has 0 bridgehead atoms. The maximum atomic E-state index is 12.9. The van der Waals surface area contributed by atoms with Crippen molar-refractivity contribution in [3.05, 3.63) is 59.1 Å². The molecule has 0 N–H and O–H groups in total. The van der Waals surface area contributed by atoms with Gasteiger partial charge in [0, 0.05) is 19.8 Å². The number of hydrogen-bond acceptors (Lipinski definition) is 4. The van der Waals surface area contributed by atoms with Crippen LogP contribution >= 0.6 is 11.6 Å². The minimum atomic E-state index is -0.516. The zero-order valence-corrected chi connectivity index (χ0v) is 15.6. The van der Waals surface area contributed by atoms with E-state index in [0.29, 0.717) is 23.6 Å². The van der Waals surface area contributed by atoms with Crippen molar-refractivity contribution in [1.29, 1.82) is 0 Å². The minimum Gasteiger partial charge on any atom is -0.494 e. The third-order valence-electron chi connectivity index (χ3n) is 4.11. The van der Waals surface area contributed by atoms with Gasteiger partial charge in [-0.15, -0.1) is 0 Å². The second-order valence-corrected chi connectivity index (χ2v) is 6.38. The normalized spacial score (nSPS) is 14.2. The van der Waals surface area contributed by atoms with Crippen molar-refractivity contribution in [2.75, 3.05) is 30.5 Å². The fourth-order valence-electron chi connectivity index (χ4n) is 2.77. The van der Waals surface area contributed by atoms with Crippen LogP contribution in [0.1, 0.15) is 12.5 Å². The standard InChI is InChI=1S/C20H19ClN2O3/c1-4-26-16-11-5-13(6-12-16)17-18(21)20(25)23(19(17)24)15-9-7-14(8-10-15)22(2)3/h5-12H,4H2,1-3H3. The predicted octanol–water partition coefficient (Wildman–Crippen LogP) is 3.67. The van der Waals surface area contributed by atoms with Crippen LogP contribution in [0, 0.1) is 0 Å². The number of rotatable bonds is 5. The molecule has 6 heteroatoms. The molecule has 1 heterocycles. The van der Waals surface area contributed by atoms with E-state index in [1.807, 2.05) is 38.1 Å². The minimum absolute atomic E-state index is 0.0733. The number of hydrogen-bond donors (Lipinski definition) is 0. The van der Waals surface area contributed by atoms with Crippen LogP contribution in [-0.2, 0) is 9.59 Å². The largest absolute Gasteiger partial charge is 0.494 e. The maximum Gasteiger partial charge on any atom is 0.277 e. The monoisotopic (exact) mass is 370 g/mol. The summed E-state index contributed by atoms with van der Waals surface area (Å²) in [4.78, 5) is 28.5. The molecule has 2 aromatic carbocycles. The summed E-state index contributed by atoms with van der Waals surface area (Å²) in [7, 11) is 3.84.